The average Bonchev–Trinajstić information content (AvgIpc) is 3.32. The van der Waals surface area contributed by atoms with Crippen LogP contribution in [-0.4, -0.2) is 42.4 Å². The van der Waals surface area contributed by atoms with Gasteiger partial charge in [-0.3, -0.25) is 14.8 Å². The third kappa shape index (κ3) is 4.24. The van der Waals surface area contributed by atoms with Crippen LogP contribution >= 0.6 is 22.7 Å². The minimum Gasteiger partial charge on any atom is -0.371 e. The quantitative estimate of drug-likeness (QED) is 0.644. The first-order valence-corrected chi connectivity index (χ1v) is 11.5. The van der Waals surface area contributed by atoms with Gasteiger partial charge in [0.2, 0.25) is 15.2 Å². The molecule has 4 rings (SSSR count). The minimum atomic E-state index is -3.40. The van der Waals surface area contributed by atoms with Gasteiger partial charge in [0.05, 0.1) is 16.5 Å². The summed E-state index contributed by atoms with van der Waals surface area (Å²) in [4.78, 5) is 16.7. The SMILES string of the molecule is CS(=O)(=O)Nc1nc2ccc(C(=O)Nc3nnc([C@@H]4CCCO4)s3)cc2s1. The summed E-state index contributed by atoms with van der Waals surface area (Å²) >= 11 is 2.46. The molecule has 1 atom stereocenters. The Morgan fingerprint density at radius 3 is 2.85 bits per heavy atom. The Labute approximate surface area is 162 Å². The van der Waals surface area contributed by atoms with Crippen LogP contribution in [0.5, 0.6) is 0 Å². The van der Waals surface area contributed by atoms with Gasteiger partial charge in [-0.25, -0.2) is 13.4 Å². The van der Waals surface area contributed by atoms with Crippen molar-refractivity contribution < 1.29 is 17.9 Å². The second-order valence-corrected chi connectivity index (χ2v) is 9.77. The van der Waals surface area contributed by atoms with Crippen LogP contribution in [0.2, 0.25) is 0 Å². The Morgan fingerprint density at radius 2 is 2.11 bits per heavy atom. The molecule has 0 radical (unpaired) electrons. The van der Waals surface area contributed by atoms with E-state index in [9.17, 15) is 13.2 Å². The van der Waals surface area contributed by atoms with E-state index >= 15 is 0 Å². The van der Waals surface area contributed by atoms with Gasteiger partial charge in [0.15, 0.2) is 5.13 Å². The zero-order valence-corrected chi connectivity index (χ0v) is 16.6. The lowest BCUT2D eigenvalue weighted by Gasteiger charge is -2.02. The van der Waals surface area contributed by atoms with Crippen molar-refractivity contribution in [2.45, 2.75) is 18.9 Å². The van der Waals surface area contributed by atoms with E-state index < -0.39 is 10.0 Å². The molecule has 0 spiro atoms. The van der Waals surface area contributed by atoms with Crippen molar-refractivity contribution in [2.24, 2.45) is 0 Å². The number of sulfonamides is 1. The van der Waals surface area contributed by atoms with Crippen molar-refractivity contribution in [1.29, 1.82) is 0 Å². The third-order valence-electron chi connectivity index (χ3n) is 3.79. The van der Waals surface area contributed by atoms with E-state index in [-0.39, 0.29) is 17.1 Å². The molecule has 2 aromatic heterocycles. The second kappa shape index (κ2) is 7.11. The molecular weight excluding hydrogens is 410 g/mol. The summed E-state index contributed by atoms with van der Waals surface area (Å²) in [7, 11) is -3.40. The number of hydrogen-bond acceptors (Lipinski definition) is 9. The predicted octanol–water partition coefficient (Wildman–Crippen LogP) is 2.62. The maximum Gasteiger partial charge on any atom is 0.257 e. The number of aromatic nitrogens is 3. The summed E-state index contributed by atoms with van der Waals surface area (Å²) in [5, 5.41) is 12.3. The average molecular weight is 426 g/mol. The van der Waals surface area contributed by atoms with E-state index in [2.05, 4.69) is 25.2 Å². The molecule has 0 saturated carbocycles. The monoisotopic (exact) mass is 425 g/mol. The number of nitrogens with zero attached hydrogens (tertiary/aromatic N) is 3. The van der Waals surface area contributed by atoms with Gasteiger partial charge in [0.25, 0.3) is 5.91 Å². The van der Waals surface area contributed by atoms with Gasteiger partial charge in [-0.15, -0.1) is 10.2 Å². The predicted molar refractivity (Wildman–Crippen MR) is 104 cm³/mol. The normalized spacial score (nSPS) is 17.3. The summed E-state index contributed by atoms with van der Waals surface area (Å²) < 4.78 is 31.3. The Bertz CT molecular complexity index is 1100. The number of hydrogen-bond donors (Lipinski definition) is 2. The molecule has 1 amide bonds. The van der Waals surface area contributed by atoms with E-state index in [1.165, 1.54) is 11.3 Å². The first-order chi connectivity index (χ1) is 12.9. The molecule has 142 valence electrons. The molecule has 1 fully saturated rings. The Kier molecular flexibility index (Phi) is 4.80. The first kappa shape index (κ1) is 18.2. The molecule has 3 heterocycles. The molecule has 12 heteroatoms. The van der Waals surface area contributed by atoms with Crippen LogP contribution in [0.1, 0.15) is 34.3 Å². The summed E-state index contributed by atoms with van der Waals surface area (Å²) in [5.74, 6) is -0.321. The smallest absolute Gasteiger partial charge is 0.257 e. The molecular formula is C15H15N5O4S3. The van der Waals surface area contributed by atoms with Gasteiger partial charge in [-0.2, -0.15) is 0 Å². The highest BCUT2D eigenvalue weighted by Gasteiger charge is 2.22. The van der Waals surface area contributed by atoms with Gasteiger partial charge < -0.3 is 4.74 Å². The van der Waals surface area contributed by atoms with E-state index in [0.717, 1.165) is 42.0 Å². The molecule has 1 aliphatic rings. The molecule has 0 unspecified atom stereocenters. The molecule has 2 N–H and O–H groups in total. The summed E-state index contributed by atoms with van der Waals surface area (Å²) in [5.41, 5.74) is 1.03. The van der Waals surface area contributed by atoms with Crippen molar-refractivity contribution in [2.75, 3.05) is 22.9 Å². The van der Waals surface area contributed by atoms with Crippen molar-refractivity contribution in [3.63, 3.8) is 0 Å². The lowest BCUT2D eigenvalue weighted by Crippen LogP contribution is -2.11. The fourth-order valence-corrected chi connectivity index (χ4v) is 5.19. The van der Waals surface area contributed by atoms with Crippen molar-refractivity contribution >= 4 is 59.1 Å². The summed E-state index contributed by atoms with van der Waals surface area (Å²) in [6.07, 6.45) is 2.93. The number of carbonyl (C=O) groups excluding carboxylic acids is 1. The number of thiazole rings is 1. The number of benzene rings is 1. The molecule has 1 aliphatic heterocycles. The van der Waals surface area contributed by atoms with Crippen LogP contribution in [0.15, 0.2) is 18.2 Å². The number of ether oxygens (including phenoxy) is 1. The van der Waals surface area contributed by atoms with Gasteiger partial charge >= 0.3 is 0 Å². The molecule has 1 saturated heterocycles. The van der Waals surface area contributed by atoms with E-state index in [1.807, 2.05) is 0 Å². The zero-order chi connectivity index (χ0) is 19.0. The lowest BCUT2D eigenvalue weighted by atomic mass is 10.2. The Hall–Kier alpha value is -2.15. The summed E-state index contributed by atoms with van der Waals surface area (Å²) in [6, 6.07) is 4.97. The van der Waals surface area contributed by atoms with Crippen LogP contribution in [0.3, 0.4) is 0 Å². The molecule has 1 aromatic carbocycles. The topological polar surface area (TPSA) is 123 Å². The largest absolute Gasteiger partial charge is 0.371 e. The molecule has 3 aromatic rings. The molecule has 9 nitrogen and oxygen atoms in total. The lowest BCUT2D eigenvalue weighted by molar-refractivity contribution is 0.102. The second-order valence-electron chi connectivity index (χ2n) is 5.98. The van der Waals surface area contributed by atoms with Gasteiger partial charge in [-0.1, -0.05) is 22.7 Å². The first-order valence-electron chi connectivity index (χ1n) is 8.02. The number of carbonyl (C=O) groups is 1. The van der Waals surface area contributed by atoms with E-state index in [4.69, 9.17) is 4.74 Å². The maximum atomic E-state index is 12.5. The number of fused-ring (bicyclic) bond motifs is 1. The number of rotatable bonds is 5. The maximum absolute atomic E-state index is 12.5. The fraction of sp³-hybridized carbons (Fsp3) is 0.333. The molecule has 0 aliphatic carbocycles. The molecule has 27 heavy (non-hydrogen) atoms. The highest BCUT2D eigenvalue weighted by atomic mass is 32.2. The number of anilines is 2. The van der Waals surface area contributed by atoms with Crippen LogP contribution in [0.25, 0.3) is 10.2 Å². The van der Waals surface area contributed by atoms with E-state index in [1.54, 1.807) is 18.2 Å². The van der Waals surface area contributed by atoms with E-state index in [0.29, 0.717) is 20.9 Å². The van der Waals surface area contributed by atoms with Gasteiger partial charge in [0.1, 0.15) is 11.1 Å². The van der Waals surface area contributed by atoms with Crippen LogP contribution in [-0.2, 0) is 14.8 Å². The van der Waals surface area contributed by atoms with Crippen molar-refractivity contribution in [1.82, 2.24) is 15.2 Å². The summed E-state index contributed by atoms with van der Waals surface area (Å²) in [6.45, 7) is 0.719. The van der Waals surface area contributed by atoms with Crippen LogP contribution < -0.4 is 10.0 Å². The Morgan fingerprint density at radius 1 is 1.26 bits per heavy atom. The van der Waals surface area contributed by atoms with Crippen molar-refractivity contribution in [3.8, 4) is 0 Å². The number of nitrogens with one attached hydrogen (secondary N) is 2. The Balaban J connectivity index is 1.50. The fourth-order valence-electron chi connectivity index (χ4n) is 2.63. The third-order valence-corrected chi connectivity index (χ3v) is 6.35. The van der Waals surface area contributed by atoms with Crippen LogP contribution in [0.4, 0.5) is 10.3 Å². The van der Waals surface area contributed by atoms with Crippen molar-refractivity contribution in [3.05, 3.63) is 28.8 Å². The number of amides is 1. The minimum absolute atomic E-state index is 0.0394. The highest BCUT2D eigenvalue weighted by Crippen LogP contribution is 2.32. The molecule has 0 bridgehead atoms. The zero-order valence-electron chi connectivity index (χ0n) is 14.1. The van der Waals surface area contributed by atoms with Gasteiger partial charge in [-0.05, 0) is 31.0 Å². The van der Waals surface area contributed by atoms with Crippen LogP contribution in [0, 0.1) is 0 Å². The standard InChI is InChI=1S/C15H15N5O4S3/c1-27(22,23)20-15-16-9-5-4-8(7-11(9)25-15)12(21)17-14-19-18-13(26-14)10-3-2-6-24-10/h4-5,7,10H,2-3,6H2,1H3,(H,16,20)(H,17,19,21)/t10-/m0/s1. The highest BCUT2D eigenvalue weighted by molar-refractivity contribution is 7.92. The van der Waals surface area contributed by atoms with Gasteiger partial charge in [0, 0.05) is 12.2 Å².